The Kier molecular flexibility index (Phi) is 5.64. The fourth-order valence-electron chi connectivity index (χ4n) is 3.34. The molecule has 1 atom stereocenters. The van der Waals surface area contributed by atoms with E-state index in [1.165, 1.54) is 11.3 Å². The van der Waals surface area contributed by atoms with E-state index in [-0.39, 0.29) is 18.2 Å². The molecular weight excluding hydrogens is 410 g/mol. The lowest BCUT2D eigenvalue weighted by Gasteiger charge is -2.19. The summed E-state index contributed by atoms with van der Waals surface area (Å²) < 4.78 is 1.87. The van der Waals surface area contributed by atoms with Gasteiger partial charge in [0.15, 0.2) is 5.13 Å². The number of halogens is 1. The van der Waals surface area contributed by atoms with Crippen LogP contribution < -0.4 is 10.2 Å². The molecule has 9 heteroatoms. The zero-order valence-electron chi connectivity index (χ0n) is 15.8. The van der Waals surface area contributed by atoms with Crippen LogP contribution in [-0.2, 0) is 23.1 Å². The number of rotatable bonds is 6. The highest BCUT2D eigenvalue weighted by atomic mass is 35.5. The number of hydrogen-bond acceptors (Lipinski definition) is 5. The Morgan fingerprint density at radius 2 is 2.14 bits per heavy atom. The third-order valence-electron chi connectivity index (χ3n) is 4.81. The second-order valence-electron chi connectivity index (χ2n) is 6.90. The van der Waals surface area contributed by atoms with Crippen molar-refractivity contribution in [3.05, 3.63) is 64.1 Å². The molecule has 1 fully saturated rings. The second kappa shape index (κ2) is 8.34. The van der Waals surface area contributed by atoms with Crippen molar-refractivity contribution in [2.24, 2.45) is 7.05 Å². The number of nitrogens with one attached hydrogen (secondary N) is 1. The van der Waals surface area contributed by atoms with Crippen LogP contribution in [-0.4, -0.2) is 32.9 Å². The third kappa shape index (κ3) is 4.33. The van der Waals surface area contributed by atoms with Gasteiger partial charge in [-0.2, -0.15) is 0 Å². The van der Waals surface area contributed by atoms with Crippen LogP contribution in [0.2, 0.25) is 5.02 Å². The van der Waals surface area contributed by atoms with E-state index in [1.54, 1.807) is 23.2 Å². The lowest BCUT2D eigenvalue weighted by atomic mass is 10.1. The Labute approximate surface area is 177 Å². The van der Waals surface area contributed by atoms with Crippen LogP contribution in [0.4, 0.5) is 5.13 Å². The molecule has 0 unspecified atom stereocenters. The second-order valence-corrected chi connectivity index (χ2v) is 8.17. The summed E-state index contributed by atoms with van der Waals surface area (Å²) in [4.78, 5) is 35.2. The maximum atomic E-state index is 12.8. The summed E-state index contributed by atoms with van der Waals surface area (Å²) in [6, 6.07) is 6.93. The Morgan fingerprint density at radius 3 is 2.79 bits per heavy atom. The van der Waals surface area contributed by atoms with E-state index in [2.05, 4.69) is 15.3 Å². The van der Waals surface area contributed by atoms with Crippen molar-refractivity contribution in [1.29, 1.82) is 0 Å². The van der Waals surface area contributed by atoms with Gasteiger partial charge in [0.1, 0.15) is 11.9 Å². The van der Waals surface area contributed by atoms with Gasteiger partial charge in [-0.15, -0.1) is 11.3 Å². The number of aryl methyl sites for hydroxylation is 1. The highest BCUT2D eigenvalue weighted by Gasteiger charge is 2.25. The summed E-state index contributed by atoms with van der Waals surface area (Å²) in [5.41, 5.74) is 1.54. The largest absolute Gasteiger partial charge is 0.342 e. The first kappa shape index (κ1) is 19.6. The molecule has 0 spiro atoms. The zero-order chi connectivity index (χ0) is 20.4. The molecule has 1 aliphatic heterocycles. The molecule has 0 saturated carbocycles. The first-order valence-corrected chi connectivity index (χ1v) is 10.5. The van der Waals surface area contributed by atoms with Crippen LogP contribution in [0.15, 0.2) is 42.0 Å². The van der Waals surface area contributed by atoms with Crippen molar-refractivity contribution in [3.8, 4) is 0 Å². The molecule has 4 rings (SSSR count). The fourth-order valence-corrected chi connectivity index (χ4v) is 4.33. The average Bonchev–Trinajstić information content (AvgIpc) is 3.42. The lowest BCUT2D eigenvalue weighted by Crippen LogP contribution is -2.32. The van der Waals surface area contributed by atoms with Gasteiger partial charge in [0.05, 0.1) is 12.1 Å². The maximum Gasteiger partial charge on any atom is 0.228 e. The molecule has 29 heavy (non-hydrogen) atoms. The SMILES string of the molecule is Cn1ccnc1[C@H](NC(=O)Cc1csc(N2CCCC2=O)n1)c1ccc(Cl)cc1. The minimum Gasteiger partial charge on any atom is -0.342 e. The fraction of sp³-hybridized carbons (Fsp3) is 0.300. The summed E-state index contributed by atoms with van der Waals surface area (Å²) in [7, 11) is 1.89. The molecular formula is C20H20ClN5O2S. The molecule has 1 aliphatic rings. The van der Waals surface area contributed by atoms with Gasteiger partial charge in [0.25, 0.3) is 0 Å². The first-order chi connectivity index (χ1) is 14.0. The number of thiazole rings is 1. The first-order valence-electron chi connectivity index (χ1n) is 9.28. The molecule has 1 aromatic carbocycles. The van der Waals surface area contributed by atoms with Crippen molar-refractivity contribution in [3.63, 3.8) is 0 Å². The average molecular weight is 430 g/mol. The predicted molar refractivity (Wildman–Crippen MR) is 112 cm³/mol. The number of carbonyl (C=O) groups is 2. The van der Waals surface area contributed by atoms with Gasteiger partial charge in [0.2, 0.25) is 11.8 Å². The Morgan fingerprint density at radius 1 is 1.34 bits per heavy atom. The summed E-state index contributed by atoms with van der Waals surface area (Å²) in [5, 5.41) is 6.17. The number of carbonyl (C=O) groups excluding carboxylic acids is 2. The number of imidazole rings is 1. The number of hydrogen-bond donors (Lipinski definition) is 1. The van der Waals surface area contributed by atoms with E-state index in [1.807, 2.05) is 35.3 Å². The van der Waals surface area contributed by atoms with Crippen LogP contribution in [0, 0.1) is 0 Å². The van der Waals surface area contributed by atoms with E-state index in [0.29, 0.717) is 28.8 Å². The normalized spacial score (nSPS) is 15.0. The van der Waals surface area contributed by atoms with E-state index in [4.69, 9.17) is 11.6 Å². The van der Waals surface area contributed by atoms with E-state index < -0.39 is 6.04 Å². The number of anilines is 1. The van der Waals surface area contributed by atoms with Gasteiger partial charge in [-0.1, -0.05) is 23.7 Å². The monoisotopic (exact) mass is 429 g/mol. The Bertz CT molecular complexity index is 1030. The van der Waals surface area contributed by atoms with Crippen molar-refractivity contribution < 1.29 is 9.59 Å². The maximum absolute atomic E-state index is 12.8. The molecule has 2 amide bonds. The van der Waals surface area contributed by atoms with E-state index in [9.17, 15) is 9.59 Å². The molecule has 0 bridgehead atoms. The number of aromatic nitrogens is 3. The number of nitrogens with zero attached hydrogens (tertiary/aromatic N) is 4. The van der Waals surface area contributed by atoms with E-state index in [0.717, 1.165) is 17.8 Å². The van der Waals surface area contributed by atoms with Crippen LogP contribution in [0.25, 0.3) is 0 Å². The number of amides is 2. The van der Waals surface area contributed by atoms with Crippen LogP contribution in [0.5, 0.6) is 0 Å². The molecule has 3 heterocycles. The topological polar surface area (TPSA) is 80.1 Å². The quantitative estimate of drug-likeness (QED) is 0.652. The van der Waals surface area contributed by atoms with Crippen molar-refractivity contribution in [1.82, 2.24) is 19.9 Å². The highest BCUT2D eigenvalue weighted by molar-refractivity contribution is 7.14. The van der Waals surface area contributed by atoms with E-state index >= 15 is 0 Å². The van der Waals surface area contributed by atoms with Crippen molar-refractivity contribution in [2.75, 3.05) is 11.4 Å². The van der Waals surface area contributed by atoms with Gasteiger partial charge in [-0.05, 0) is 24.1 Å². The van der Waals surface area contributed by atoms with Crippen LogP contribution in [0.1, 0.15) is 36.0 Å². The van der Waals surface area contributed by atoms with Crippen molar-refractivity contribution >= 4 is 39.9 Å². The number of benzene rings is 1. The molecule has 2 aromatic heterocycles. The van der Waals surface area contributed by atoms with Crippen LogP contribution in [0.3, 0.4) is 0 Å². The van der Waals surface area contributed by atoms with Gasteiger partial charge in [-0.25, -0.2) is 9.97 Å². The molecule has 3 aromatic rings. The summed E-state index contributed by atoms with van der Waals surface area (Å²) >= 11 is 7.40. The van der Waals surface area contributed by atoms with Gasteiger partial charge >= 0.3 is 0 Å². The summed E-state index contributed by atoms with van der Waals surface area (Å²) in [6.07, 6.45) is 5.07. The molecule has 0 aliphatic carbocycles. The molecule has 0 radical (unpaired) electrons. The predicted octanol–water partition coefficient (Wildman–Crippen LogP) is 3.11. The minimum atomic E-state index is -0.405. The van der Waals surface area contributed by atoms with Gasteiger partial charge < -0.3 is 9.88 Å². The van der Waals surface area contributed by atoms with Crippen LogP contribution >= 0.6 is 22.9 Å². The van der Waals surface area contributed by atoms with Crippen molar-refractivity contribution in [2.45, 2.75) is 25.3 Å². The van der Waals surface area contributed by atoms with Gasteiger partial charge in [-0.3, -0.25) is 14.5 Å². The third-order valence-corrected chi connectivity index (χ3v) is 5.98. The Hall–Kier alpha value is -2.71. The minimum absolute atomic E-state index is 0.0907. The zero-order valence-corrected chi connectivity index (χ0v) is 17.4. The van der Waals surface area contributed by atoms with Gasteiger partial charge in [0, 0.05) is 42.8 Å². The Balaban J connectivity index is 1.50. The summed E-state index contributed by atoms with van der Waals surface area (Å²) in [6.45, 7) is 0.690. The highest BCUT2D eigenvalue weighted by Crippen LogP contribution is 2.26. The molecule has 7 nitrogen and oxygen atoms in total. The lowest BCUT2D eigenvalue weighted by molar-refractivity contribution is -0.121. The summed E-state index contributed by atoms with van der Waals surface area (Å²) in [5.74, 6) is 0.646. The smallest absolute Gasteiger partial charge is 0.228 e. The molecule has 1 N–H and O–H groups in total. The molecule has 1 saturated heterocycles. The standard InChI is InChI=1S/C20H20ClN5O2S/c1-25-10-8-22-19(25)18(13-4-6-14(21)7-5-13)24-16(27)11-15-12-29-20(23-15)26-9-2-3-17(26)28/h4-8,10,12,18H,2-3,9,11H2,1H3,(H,24,27)/t18-/m1/s1. The molecule has 150 valence electrons.